The normalized spacial score (nSPS) is 11.2. The zero-order chi connectivity index (χ0) is 22.7. The van der Waals surface area contributed by atoms with Crippen LogP contribution in [0.4, 0.5) is 0 Å². The van der Waals surface area contributed by atoms with E-state index in [2.05, 4.69) is 62.8 Å². The minimum Gasteiger partial charge on any atom is -0.378 e. The molecule has 0 amide bonds. The zero-order valence-corrected chi connectivity index (χ0v) is 20.7. The van der Waals surface area contributed by atoms with Gasteiger partial charge in [-0.2, -0.15) is 0 Å². The van der Waals surface area contributed by atoms with Gasteiger partial charge in [0.05, 0.1) is 52.9 Å². The van der Waals surface area contributed by atoms with Gasteiger partial charge >= 0.3 is 0 Å². The van der Waals surface area contributed by atoms with E-state index in [-0.39, 0.29) is 0 Å². The molecule has 0 heterocycles. The van der Waals surface area contributed by atoms with E-state index in [1.54, 1.807) is 0 Å². The van der Waals surface area contributed by atoms with Gasteiger partial charge in [0, 0.05) is 38.3 Å². The second-order valence-electron chi connectivity index (χ2n) is 7.37. The van der Waals surface area contributed by atoms with Gasteiger partial charge in [-0.15, -0.1) is 0 Å². The van der Waals surface area contributed by atoms with E-state index in [1.807, 2.05) is 0 Å². The minimum atomic E-state index is 0.530. The molecule has 0 bridgehead atoms. The van der Waals surface area contributed by atoms with Crippen molar-refractivity contribution in [3.05, 3.63) is 0 Å². The average Bonchev–Trinajstić information content (AvgIpc) is 2.71. The van der Waals surface area contributed by atoms with Crippen molar-refractivity contribution in [1.82, 2.24) is 21.3 Å². The van der Waals surface area contributed by atoms with Gasteiger partial charge in [0.2, 0.25) is 0 Å². The van der Waals surface area contributed by atoms with Gasteiger partial charge in [-0.25, -0.2) is 0 Å². The zero-order valence-electron chi connectivity index (χ0n) is 20.7. The summed E-state index contributed by atoms with van der Waals surface area (Å²) in [5, 5.41) is 13.0. The van der Waals surface area contributed by atoms with Gasteiger partial charge in [-0.1, -0.05) is 41.5 Å². The highest BCUT2D eigenvalue weighted by molar-refractivity contribution is 4.52. The maximum Gasteiger partial charge on any atom is 0.0701 e. The molecule has 0 atom stereocenters. The summed E-state index contributed by atoms with van der Waals surface area (Å²) in [6.45, 7) is 24.2. The van der Waals surface area contributed by atoms with Gasteiger partial charge < -0.3 is 40.2 Å². The third-order valence-electron chi connectivity index (χ3n) is 3.69. The number of hydrogen-bond acceptors (Lipinski definition) is 8. The van der Waals surface area contributed by atoms with Crippen molar-refractivity contribution in [1.29, 1.82) is 0 Å². The Balaban J connectivity index is 0. The Hall–Kier alpha value is -0.320. The molecule has 0 aliphatic rings. The Bertz CT molecular complexity index is 270. The highest BCUT2D eigenvalue weighted by Crippen LogP contribution is 1.81. The van der Waals surface area contributed by atoms with Crippen LogP contribution >= 0.6 is 0 Å². The first-order chi connectivity index (χ1) is 14.5. The Morgan fingerprint density at radius 3 is 1.03 bits per heavy atom. The fourth-order valence-electron chi connectivity index (χ4n) is 2.13. The van der Waals surface area contributed by atoms with E-state index < -0.39 is 0 Å². The summed E-state index contributed by atoms with van der Waals surface area (Å²) in [5.41, 5.74) is 0. The van der Waals surface area contributed by atoms with Crippen molar-refractivity contribution >= 4 is 0 Å². The fourth-order valence-corrected chi connectivity index (χ4v) is 2.13. The van der Waals surface area contributed by atoms with Crippen molar-refractivity contribution in [2.75, 3.05) is 92.1 Å². The summed E-state index contributed by atoms with van der Waals surface area (Å²) in [4.78, 5) is 0. The van der Waals surface area contributed by atoms with Crippen LogP contribution in [-0.4, -0.2) is 104 Å². The van der Waals surface area contributed by atoms with Gasteiger partial charge in [-0.3, -0.25) is 0 Å². The first-order valence-electron chi connectivity index (χ1n) is 11.7. The predicted molar refractivity (Wildman–Crippen MR) is 127 cm³/mol. The number of nitrogens with one attached hydrogen (secondary N) is 4. The van der Waals surface area contributed by atoms with Gasteiger partial charge in [0.15, 0.2) is 0 Å². The molecule has 8 nitrogen and oxygen atoms in total. The molecule has 0 unspecified atom stereocenters. The number of ether oxygens (including phenoxy) is 4. The summed E-state index contributed by atoms with van der Waals surface area (Å²) in [5.74, 6) is 0. The van der Waals surface area contributed by atoms with Crippen molar-refractivity contribution in [2.24, 2.45) is 0 Å². The molecule has 184 valence electrons. The summed E-state index contributed by atoms with van der Waals surface area (Å²) in [6, 6.07) is 1.06. The lowest BCUT2D eigenvalue weighted by Crippen LogP contribution is -2.28. The Morgan fingerprint density at radius 2 is 0.767 bits per heavy atom. The summed E-state index contributed by atoms with van der Waals surface area (Å²) >= 11 is 0. The van der Waals surface area contributed by atoms with Crippen molar-refractivity contribution < 1.29 is 18.9 Å². The van der Waals surface area contributed by atoms with Crippen LogP contribution in [0, 0.1) is 0 Å². The quantitative estimate of drug-likeness (QED) is 0.189. The second-order valence-corrected chi connectivity index (χ2v) is 7.37. The molecule has 0 aliphatic heterocycles. The maximum atomic E-state index is 5.40. The van der Waals surface area contributed by atoms with Crippen LogP contribution in [0.3, 0.4) is 0 Å². The third-order valence-corrected chi connectivity index (χ3v) is 3.69. The lowest BCUT2D eigenvalue weighted by molar-refractivity contribution is 0.0491. The second kappa shape index (κ2) is 28.7. The highest BCUT2D eigenvalue weighted by atomic mass is 16.5. The van der Waals surface area contributed by atoms with Gasteiger partial charge in [-0.05, 0) is 13.1 Å². The van der Waals surface area contributed by atoms with E-state index in [0.717, 1.165) is 65.7 Å². The predicted octanol–water partition coefficient (Wildman–Crippen LogP) is 1.25. The smallest absolute Gasteiger partial charge is 0.0701 e. The summed E-state index contributed by atoms with van der Waals surface area (Å²) in [7, 11) is 0. The maximum absolute atomic E-state index is 5.40. The molecular formula is C22H52N4O4. The minimum absolute atomic E-state index is 0.530. The van der Waals surface area contributed by atoms with E-state index >= 15 is 0 Å². The molecule has 0 aromatic rings. The molecule has 0 fully saturated rings. The van der Waals surface area contributed by atoms with E-state index in [0.29, 0.717) is 38.5 Å². The van der Waals surface area contributed by atoms with Crippen molar-refractivity contribution in [3.8, 4) is 0 Å². The van der Waals surface area contributed by atoms with E-state index in [1.165, 1.54) is 0 Å². The molecule has 0 radical (unpaired) electrons. The van der Waals surface area contributed by atoms with Crippen LogP contribution in [0.5, 0.6) is 0 Å². The largest absolute Gasteiger partial charge is 0.378 e. The topological polar surface area (TPSA) is 85.0 Å². The molecule has 0 aliphatic carbocycles. The molecule has 0 saturated carbocycles. The van der Waals surface area contributed by atoms with Crippen molar-refractivity contribution in [3.63, 3.8) is 0 Å². The van der Waals surface area contributed by atoms with Crippen LogP contribution in [0.1, 0.15) is 41.5 Å². The lowest BCUT2D eigenvalue weighted by atomic mass is 10.4. The number of rotatable bonds is 22. The lowest BCUT2D eigenvalue weighted by Gasteiger charge is -2.10. The van der Waals surface area contributed by atoms with Crippen molar-refractivity contribution in [2.45, 2.75) is 53.6 Å². The van der Waals surface area contributed by atoms with Gasteiger partial charge in [0.1, 0.15) is 0 Å². The Morgan fingerprint density at radius 1 is 0.467 bits per heavy atom. The molecule has 30 heavy (non-hydrogen) atoms. The fraction of sp³-hybridized carbons (Fsp3) is 1.00. The SMILES string of the molecule is CC(C)NCCOCCOCCNC(C)C.CCNCCOCCOCCNCC. The molecule has 0 aromatic heterocycles. The van der Waals surface area contributed by atoms with E-state index in [4.69, 9.17) is 18.9 Å². The third kappa shape index (κ3) is 35.1. The van der Waals surface area contributed by atoms with Crippen LogP contribution in [0.15, 0.2) is 0 Å². The summed E-state index contributed by atoms with van der Waals surface area (Å²) < 4.78 is 21.5. The van der Waals surface area contributed by atoms with Crippen LogP contribution in [0.2, 0.25) is 0 Å². The standard InChI is InChI=1S/C12H28N2O2.C10H24N2O2/c1-11(2)13-5-7-15-9-10-16-8-6-14-12(3)4;1-3-11-5-7-13-9-10-14-8-6-12-4-2/h11-14H,5-10H2,1-4H3;11-12H,3-10H2,1-2H3. The monoisotopic (exact) mass is 436 g/mol. The Kier molecular flexibility index (Phi) is 30.5. The number of likely N-dealkylation sites (N-methyl/N-ethyl adjacent to an activating group) is 2. The molecule has 0 aromatic carbocycles. The van der Waals surface area contributed by atoms with Crippen LogP contribution < -0.4 is 21.3 Å². The molecule has 4 N–H and O–H groups in total. The van der Waals surface area contributed by atoms with E-state index in [9.17, 15) is 0 Å². The first-order valence-corrected chi connectivity index (χ1v) is 11.7. The first kappa shape index (κ1) is 31.9. The molecule has 0 saturated heterocycles. The van der Waals surface area contributed by atoms with Crippen LogP contribution in [-0.2, 0) is 18.9 Å². The molecule has 8 heteroatoms. The number of hydrogen-bond donors (Lipinski definition) is 4. The Labute approximate surface area is 186 Å². The highest BCUT2D eigenvalue weighted by Gasteiger charge is 1.94. The molecular weight excluding hydrogens is 384 g/mol. The molecule has 0 rings (SSSR count). The molecule has 0 spiro atoms. The average molecular weight is 437 g/mol. The van der Waals surface area contributed by atoms with Gasteiger partial charge in [0.25, 0.3) is 0 Å². The van der Waals surface area contributed by atoms with Crippen LogP contribution in [0.25, 0.3) is 0 Å². The summed E-state index contributed by atoms with van der Waals surface area (Å²) in [6.07, 6.45) is 0.